The van der Waals surface area contributed by atoms with Gasteiger partial charge in [0, 0.05) is 0 Å². The van der Waals surface area contributed by atoms with Crippen molar-refractivity contribution in [1.82, 2.24) is 0 Å². The Kier molecular flexibility index (Phi) is 1.07. The lowest BCUT2D eigenvalue weighted by molar-refractivity contribution is 0.267. The van der Waals surface area contributed by atoms with Gasteiger partial charge in [-0.15, -0.1) is 0 Å². The largest absolute Gasteiger partial charge is 0.0995 e. The number of hydrogen-bond acceptors (Lipinski definition) is 0. The zero-order valence-electron chi connectivity index (χ0n) is 6.98. The van der Waals surface area contributed by atoms with Crippen LogP contribution in [0.2, 0.25) is 0 Å². The molecule has 2 bridgehead atoms. The van der Waals surface area contributed by atoms with E-state index in [2.05, 4.69) is 20.4 Å². The molecule has 10 heavy (non-hydrogen) atoms. The summed E-state index contributed by atoms with van der Waals surface area (Å²) in [6.45, 7) is 8.95. The van der Waals surface area contributed by atoms with E-state index >= 15 is 0 Å². The molecule has 2 saturated carbocycles. The molecule has 2 aliphatic rings. The summed E-state index contributed by atoms with van der Waals surface area (Å²) in [6.07, 6.45) is 4.19. The molecule has 2 fully saturated rings. The summed E-state index contributed by atoms with van der Waals surface area (Å²) in [5.41, 5.74) is 2.12. The molecule has 2 aliphatic carbocycles. The molecule has 0 amide bonds. The van der Waals surface area contributed by atoms with Crippen molar-refractivity contribution in [3.8, 4) is 0 Å². The first-order valence-electron chi connectivity index (χ1n) is 4.30. The Balaban J connectivity index is 2.35. The molecular formula is C10H16. The van der Waals surface area contributed by atoms with Crippen molar-refractivity contribution in [3.63, 3.8) is 0 Å². The average Bonchev–Trinajstić information content (AvgIpc) is 2.20. The molecular weight excluding hydrogens is 120 g/mol. The van der Waals surface area contributed by atoms with Gasteiger partial charge in [0.05, 0.1) is 0 Å². The second-order valence-electron chi connectivity index (χ2n) is 4.51. The van der Waals surface area contributed by atoms with Gasteiger partial charge in [0.1, 0.15) is 0 Å². The number of hydrogen-bond donors (Lipinski definition) is 0. The van der Waals surface area contributed by atoms with Gasteiger partial charge in [-0.2, -0.15) is 0 Å². The Hall–Kier alpha value is -0.260. The van der Waals surface area contributed by atoms with Crippen LogP contribution < -0.4 is 0 Å². The van der Waals surface area contributed by atoms with E-state index in [9.17, 15) is 0 Å². The fraction of sp³-hybridized carbons (Fsp3) is 0.800. The molecule has 0 unspecified atom stereocenters. The summed E-state index contributed by atoms with van der Waals surface area (Å²) in [6, 6.07) is 0. The third-order valence-electron chi connectivity index (χ3n) is 3.76. The minimum atomic E-state index is 0.594. The maximum Gasteiger partial charge on any atom is -0.0152 e. The monoisotopic (exact) mass is 136 g/mol. The number of fused-ring (bicyclic) bond motifs is 2. The molecule has 2 atom stereocenters. The van der Waals surface area contributed by atoms with Gasteiger partial charge < -0.3 is 0 Å². The summed E-state index contributed by atoms with van der Waals surface area (Å²) >= 11 is 0. The maximum absolute atomic E-state index is 4.13. The molecule has 0 radical (unpaired) electrons. The highest BCUT2D eigenvalue weighted by Gasteiger charge is 2.49. The van der Waals surface area contributed by atoms with Gasteiger partial charge in [-0.05, 0) is 36.5 Å². The third kappa shape index (κ3) is 0.574. The fourth-order valence-corrected chi connectivity index (χ4v) is 2.95. The first-order chi connectivity index (χ1) is 4.62. The molecule has 0 N–H and O–H groups in total. The summed E-state index contributed by atoms with van der Waals surface area (Å²) in [4.78, 5) is 0. The van der Waals surface area contributed by atoms with Gasteiger partial charge >= 0.3 is 0 Å². The molecule has 0 saturated heterocycles. The van der Waals surface area contributed by atoms with Crippen LogP contribution in [0.3, 0.4) is 0 Å². The van der Waals surface area contributed by atoms with E-state index in [0.29, 0.717) is 5.41 Å². The van der Waals surface area contributed by atoms with E-state index in [0.717, 1.165) is 11.8 Å². The molecule has 0 heterocycles. The molecule has 56 valence electrons. The van der Waals surface area contributed by atoms with E-state index in [4.69, 9.17) is 0 Å². The molecule has 0 spiro atoms. The fourth-order valence-electron chi connectivity index (χ4n) is 2.95. The van der Waals surface area contributed by atoms with Crippen LogP contribution in [0.25, 0.3) is 0 Å². The van der Waals surface area contributed by atoms with Crippen LogP contribution in [0.5, 0.6) is 0 Å². The molecule has 0 aromatic carbocycles. The van der Waals surface area contributed by atoms with E-state index in [-0.39, 0.29) is 0 Å². The van der Waals surface area contributed by atoms with E-state index in [1.54, 1.807) is 0 Å². The summed E-state index contributed by atoms with van der Waals surface area (Å²) < 4.78 is 0. The lowest BCUT2D eigenvalue weighted by Crippen LogP contribution is -2.16. The van der Waals surface area contributed by atoms with Crippen LogP contribution in [-0.4, -0.2) is 0 Å². The maximum atomic E-state index is 4.13. The second-order valence-corrected chi connectivity index (χ2v) is 4.51. The third-order valence-corrected chi connectivity index (χ3v) is 3.76. The van der Waals surface area contributed by atoms with E-state index in [1.807, 2.05) is 0 Å². The number of rotatable bonds is 0. The van der Waals surface area contributed by atoms with Crippen LogP contribution in [-0.2, 0) is 0 Å². The lowest BCUT2D eigenvalue weighted by atomic mass is 9.82. The second kappa shape index (κ2) is 1.66. The topological polar surface area (TPSA) is 0 Å². The van der Waals surface area contributed by atoms with Gasteiger partial charge in [0.15, 0.2) is 0 Å². The predicted octanol–water partition coefficient (Wildman–Crippen LogP) is 3.00. The summed E-state index contributed by atoms with van der Waals surface area (Å²) in [7, 11) is 0. The van der Waals surface area contributed by atoms with E-state index in [1.165, 1.54) is 24.8 Å². The zero-order chi connectivity index (χ0) is 7.35. The first kappa shape index (κ1) is 6.45. The van der Waals surface area contributed by atoms with Crippen LogP contribution in [0.1, 0.15) is 33.1 Å². The minimum absolute atomic E-state index is 0.594. The highest BCUT2D eigenvalue weighted by Crippen LogP contribution is 2.59. The molecule has 0 heteroatoms. The normalized spacial score (nSPS) is 42.8. The molecule has 0 nitrogen and oxygen atoms in total. The number of allylic oxidation sites excluding steroid dienone is 1. The van der Waals surface area contributed by atoms with Crippen molar-refractivity contribution in [1.29, 1.82) is 0 Å². The first-order valence-corrected chi connectivity index (χ1v) is 4.30. The van der Waals surface area contributed by atoms with Gasteiger partial charge in [-0.3, -0.25) is 0 Å². The predicted molar refractivity (Wildman–Crippen MR) is 43.8 cm³/mol. The van der Waals surface area contributed by atoms with Gasteiger partial charge in [-0.25, -0.2) is 0 Å². The Morgan fingerprint density at radius 1 is 1.40 bits per heavy atom. The SMILES string of the molecule is C=C1C[C@@H]2CC[C@H]1C2(C)C. The zero-order valence-corrected chi connectivity index (χ0v) is 6.98. The van der Waals surface area contributed by atoms with Gasteiger partial charge in [0.2, 0.25) is 0 Å². The summed E-state index contributed by atoms with van der Waals surface area (Å²) in [5, 5.41) is 0. The minimum Gasteiger partial charge on any atom is -0.0995 e. The quantitative estimate of drug-likeness (QED) is 0.449. The Labute approximate surface area is 63.3 Å². The van der Waals surface area contributed by atoms with Crippen LogP contribution in [0, 0.1) is 17.3 Å². The van der Waals surface area contributed by atoms with Crippen molar-refractivity contribution >= 4 is 0 Å². The average molecular weight is 136 g/mol. The van der Waals surface area contributed by atoms with Crippen molar-refractivity contribution in [2.75, 3.05) is 0 Å². The highest BCUT2D eigenvalue weighted by atomic mass is 14.5. The van der Waals surface area contributed by atoms with Gasteiger partial charge in [0.25, 0.3) is 0 Å². The van der Waals surface area contributed by atoms with Crippen molar-refractivity contribution < 1.29 is 0 Å². The Morgan fingerprint density at radius 2 is 2.10 bits per heavy atom. The van der Waals surface area contributed by atoms with Crippen molar-refractivity contribution in [2.24, 2.45) is 17.3 Å². The standard InChI is InChI=1S/C10H16/c1-7-6-8-4-5-9(7)10(8,2)3/h8-9H,1,4-6H2,2-3H3/t8-,9+/m0/s1. The molecule has 0 aromatic rings. The van der Waals surface area contributed by atoms with Gasteiger partial charge in [-0.1, -0.05) is 26.0 Å². The Bertz CT molecular complexity index is 176. The van der Waals surface area contributed by atoms with E-state index < -0.39 is 0 Å². The Morgan fingerprint density at radius 3 is 2.30 bits per heavy atom. The van der Waals surface area contributed by atoms with Crippen LogP contribution >= 0.6 is 0 Å². The highest BCUT2D eigenvalue weighted by molar-refractivity contribution is 5.19. The van der Waals surface area contributed by atoms with Crippen molar-refractivity contribution in [3.05, 3.63) is 12.2 Å². The molecule has 0 aliphatic heterocycles. The van der Waals surface area contributed by atoms with Crippen molar-refractivity contribution in [2.45, 2.75) is 33.1 Å². The smallest absolute Gasteiger partial charge is 0.0152 e. The van der Waals surface area contributed by atoms with Crippen LogP contribution in [0.15, 0.2) is 12.2 Å². The molecule has 0 aromatic heterocycles. The van der Waals surface area contributed by atoms with Crippen LogP contribution in [0.4, 0.5) is 0 Å². The summed E-state index contributed by atoms with van der Waals surface area (Å²) in [5.74, 6) is 1.82. The lowest BCUT2D eigenvalue weighted by Gasteiger charge is -2.23. The molecule has 2 rings (SSSR count).